The molecular formula is C44H47NO8. The number of para-hydroxylation sites is 1. The molecule has 276 valence electrons. The zero-order valence-corrected chi connectivity index (χ0v) is 30.3. The van der Waals surface area contributed by atoms with E-state index in [1.165, 1.54) is 14.2 Å². The Balaban J connectivity index is 1.35. The van der Waals surface area contributed by atoms with E-state index in [9.17, 15) is 24.9 Å². The molecule has 9 heteroatoms. The number of nitrogens with one attached hydrogen (secondary N) is 1. The lowest BCUT2D eigenvalue weighted by Gasteiger charge is -2.39. The second kappa shape index (κ2) is 15.8. The molecule has 4 aromatic rings. The van der Waals surface area contributed by atoms with Crippen molar-refractivity contribution in [3.05, 3.63) is 88.6 Å². The van der Waals surface area contributed by atoms with Crippen molar-refractivity contribution in [1.82, 2.24) is 4.98 Å². The second-order valence-corrected chi connectivity index (χ2v) is 14.7. The first-order valence-corrected chi connectivity index (χ1v) is 18.6. The summed E-state index contributed by atoms with van der Waals surface area (Å²) in [7, 11) is 3.02. The monoisotopic (exact) mass is 717 g/mol. The largest absolute Gasteiger partial charge is 0.504 e. The zero-order chi connectivity index (χ0) is 37.1. The normalized spacial score (nSPS) is 23.1. The lowest BCUT2D eigenvalue weighted by molar-refractivity contribution is -0.149. The van der Waals surface area contributed by atoms with Crippen LogP contribution in [0.2, 0.25) is 0 Å². The molecular weight excluding hydrogens is 670 g/mol. The van der Waals surface area contributed by atoms with E-state index in [1.807, 2.05) is 24.3 Å². The number of methoxy groups -OCH3 is 2. The number of aromatic nitrogens is 1. The van der Waals surface area contributed by atoms with E-state index in [1.54, 1.807) is 24.3 Å². The molecule has 2 aliphatic carbocycles. The Labute approximate surface area is 310 Å². The number of benzene rings is 3. The molecule has 1 fully saturated rings. The van der Waals surface area contributed by atoms with Gasteiger partial charge in [0.25, 0.3) is 0 Å². The summed E-state index contributed by atoms with van der Waals surface area (Å²) in [5.41, 5.74) is 6.51. The number of aryl methyl sites for hydroxylation is 1. The highest BCUT2D eigenvalue weighted by atomic mass is 16.5. The number of aliphatic hydroxyl groups is 1. The number of ether oxygens (including phenoxy) is 3. The number of cyclic esters (lactones) is 1. The van der Waals surface area contributed by atoms with Gasteiger partial charge in [0, 0.05) is 42.3 Å². The summed E-state index contributed by atoms with van der Waals surface area (Å²) >= 11 is 0. The van der Waals surface area contributed by atoms with Crippen molar-refractivity contribution in [1.29, 1.82) is 0 Å². The minimum Gasteiger partial charge on any atom is -0.504 e. The van der Waals surface area contributed by atoms with Crippen molar-refractivity contribution in [2.45, 2.75) is 76.2 Å². The minimum atomic E-state index is -0.678. The summed E-state index contributed by atoms with van der Waals surface area (Å²) in [6.45, 7) is 0.116. The number of carbonyl (C=O) groups is 2. The van der Waals surface area contributed by atoms with E-state index >= 15 is 0 Å². The van der Waals surface area contributed by atoms with Crippen LogP contribution in [0.3, 0.4) is 0 Å². The molecule has 4 N–H and O–H groups in total. The number of ketones is 1. The summed E-state index contributed by atoms with van der Waals surface area (Å²) in [5, 5.41) is 32.3. The molecule has 0 saturated heterocycles. The molecule has 2 bridgehead atoms. The Morgan fingerprint density at radius 3 is 2.51 bits per heavy atom. The molecule has 0 amide bonds. The number of fused-ring (bicyclic) bond motifs is 6. The summed E-state index contributed by atoms with van der Waals surface area (Å²) < 4.78 is 17.0. The topological polar surface area (TPSA) is 138 Å². The number of phenolic OH excluding ortho intramolecular Hbond substituents is 2. The van der Waals surface area contributed by atoms with Gasteiger partial charge in [-0.3, -0.25) is 9.59 Å². The van der Waals surface area contributed by atoms with Crippen molar-refractivity contribution in [2.24, 2.45) is 17.8 Å². The van der Waals surface area contributed by atoms with Crippen LogP contribution in [0, 0.1) is 29.6 Å². The lowest BCUT2D eigenvalue weighted by Crippen LogP contribution is -2.31. The van der Waals surface area contributed by atoms with Crippen LogP contribution in [0.15, 0.2) is 60.7 Å². The number of carbonyl (C=O) groups excluding carboxylic acids is 2. The van der Waals surface area contributed by atoms with Crippen LogP contribution in [0.1, 0.15) is 85.2 Å². The number of H-pyrrole nitrogens is 1. The standard InChI is InChI=1S/C44H47NO8/c1-51-41-20-26(13-16-39(41)48)12-15-30-22-29(47)23-34-33-19-27(17-18-46)11-14-28(33)21-37(35-24-40(49)42(52-2)25-36(34)35)44-32(8-4-6-10-43(50)53-30)31-7-3-5-9-38(31)45-44/h3,5,7,9,13,16,20-21,24-25,27-28,30,33-34,45-46,48-49H,8,10-12,14-15,17-19,22-23H2,1-2H3. The minimum absolute atomic E-state index is 0.0231. The van der Waals surface area contributed by atoms with E-state index in [-0.39, 0.29) is 60.9 Å². The fourth-order valence-electron chi connectivity index (χ4n) is 8.85. The Bertz CT molecular complexity index is 2100. The van der Waals surface area contributed by atoms with Crippen molar-refractivity contribution < 1.29 is 39.1 Å². The van der Waals surface area contributed by atoms with Crippen LogP contribution in [0.5, 0.6) is 23.0 Å². The molecule has 5 unspecified atom stereocenters. The van der Waals surface area contributed by atoms with Gasteiger partial charge in [-0.05, 0) is 115 Å². The van der Waals surface area contributed by atoms with Crippen LogP contribution < -0.4 is 9.47 Å². The SMILES string of the molecule is COc1cc(CCC2CC(=O)CC3c4cc(OC)c(O)cc4C(=CC4CCC(CCO)CC43)c3[nH]c4ccccc4c3CC#CCC(=O)O2)ccc1O. The van der Waals surface area contributed by atoms with Gasteiger partial charge in [-0.25, -0.2) is 0 Å². The van der Waals surface area contributed by atoms with E-state index < -0.39 is 12.1 Å². The van der Waals surface area contributed by atoms with Crippen molar-refractivity contribution in [3.8, 4) is 34.8 Å². The van der Waals surface area contributed by atoms with E-state index in [4.69, 9.17) is 14.2 Å². The molecule has 9 nitrogen and oxygen atoms in total. The van der Waals surface area contributed by atoms with Crippen LogP contribution in [-0.2, 0) is 27.2 Å². The van der Waals surface area contributed by atoms with Gasteiger partial charge in [-0.2, -0.15) is 0 Å². The first-order chi connectivity index (χ1) is 25.8. The Hall–Kier alpha value is -5.20. The number of esters is 1. The maximum Gasteiger partial charge on any atom is 0.318 e. The Morgan fingerprint density at radius 1 is 0.906 bits per heavy atom. The second-order valence-electron chi connectivity index (χ2n) is 14.7. The number of aliphatic hydroxyl groups excluding tert-OH is 1. The number of Topliss-reactive ketones (excluding diaryl/α,β-unsaturated/α-hetero) is 1. The molecule has 7 rings (SSSR count). The average Bonchev–Trinajstić information content (AvgIpc) is 3.46. The van der Waals surface area contributed by atoms with Crippen molar-refractivity contribution in [3.63, 3.8) is 0 Å². The predicted molar refractivity (Wildman–Crippen MR) is 202 cm³/mol. The summed E-state index contributed by atoms with van der Waals surface area (Å²) in [4.78, 5) is 31.3. The average molecular weight is 718 g/mol. The summed E-state index contributed by atoms with van der Waals surface area (Å²) in [6, 6.07) is 16.9. The first kappa shape index (κ1) is 36.2. The maximum atomic E-state index is 14.4. The summed E-state index contributed by atoms with van der Waals surface area (Å²) in [5.74, 6) is 6.86. The van der Waals surface area contributed by atoms with Gasteiger partial charge in [-0.1, -0.05) is 42.2 Å². The highest BCUT2D eigenvalue weighted by molar-refractivity contribution is 5.94. The lowest BCUT2D eigenvalue weighted by atomic mass is 9.65. The molecule has 3 aliphatic rings. The molecule has 2 heterocycles. The van der Waals surface area contributed by atoms with Crippen LogP contribution in [0.25, 0.3) is 16.5 Å². The van der Waals surface area contributed by atoms with E-state index in [0.717, 1.165) is 63.7 Å². The van der Waals surface area contributed by atoms with E-state index in [2.05, 4.69) is 29.0 Å². The number of rotatable bonds is 7. The molecule has 53 heavy (non-hydrogen) atoms. The fourth-order valence-corrected chi connectivity index (χ4v) is 8.85. The quantitative estimate of drug-likeness (QED) is 0.115. The predicted octanol–water partition coefficient (Wildman–Crippen LogP) is 7.38. The third kappa shape index (κ3) is 7.65. The number of hydrogen-bond acceptors (Lipinski definition) is 8. The molecule has 5 atom stereocenters. The van der Waals surface area contributed by atoms with Crippen molar-refractivity contribution >= 4 is 28.2 Å². The van der Waals surface area contributed by atoms with Gasteiger partial charge in [0.15, 0.2) is 23.0 Å². The van der Waals surface area contributed by atoms with Gasteiger partial charge in [-0.15, -0.1) is 0 Å². The number of aromatic amines is 1. The smallest absolute Gasteiger partial charge is 0.318 e. The third-order valence-corrected chi connectivity index (χ3v) is 11.4. The van der Waals surface area contributed by atoms with Gasteiger partial charge in [0.2, 0.25) is 0 Å². The molecule has 3 aromatic carbocycles. The zero-order valence-electron chi connectivity index (χ0n) is 30.3. The third-order valence-electron chi connectivity index (χ3n) is 11.4. The van der Waals surface area contributed by atoms with Gasteiger partial charge in [0.1, 0.15) is 18.3 Å². The Kier molecular flexibility index (Phi) is 10.8. The fraction of sp³-hybridized carbons (Fsp3) is 0.409. The first-order valence-electron chi connectivity index (χ1n) is 18.6. The maximum absolute atomic E-state index is 14.4. The number of aromatic hydroxyl groups is 2. The molecule has 1 aromatic heterocycles. The van der Waals surface area contributed by atoms with E-state index in [0.29, 0.717) is 43.1 Å². The number of phenols is 2. The van der Waals surface area contributed by atoms with Crippen molar-refractivity contribution in [2.75, 3.05) is 20.8 Å². The molecule has 0 radical (unpaired) electrons. The van der Waals surface area contributed by atoms with Gasteiger partial charge < -0.3 is 34.5 Å². The van der Waals surface area contributed by atoms with Crippen LogP contribution in [-0.4, -0.2) is 59.0 Å². The Morgan fingerprint density at radius 2 is 1.70 bits per heavy atom. The molecule has 1 aliphatic heterocycles. The number of hydrogen-bond donors (Lipinski definition) is 4. The molecule has 0 spiro atoms. The highest BCUT2D eigenvalue weighted by Gasteiger charge is 2.41. The van der Waals surface area contributed by atoms with Crippen LogP contribution in [0.4, 0.5) is 0 Å². The van der Waals surface area contributed by atoms with Crippen LogP contribution >= 0.6 is 0 Å². The molecule has 1 saturated carbocycles. The number of allylic oxidation sites excluding steroid dienone is 1. The van der Waals surface area contributed by atoms with Gasteiger partial charge >= 0.3 is 5.97 Å². The van der Waals surface area contributed by atoms with Gasteiger partial charge in [0.05, 0.1) is 19.9 Å². The highest BCUT2D eigenvalue weighted by Crippen LogP contribution is 2.53. The summed E-state index contributed by atoms with van der Waals surface area (Å²) in [6.07, 6.45) is 6.55.